The van der Waals surface area contributed by atoms with Crippen LogP contribution in [0.1, 0.15) is 23.4 Å². The van der Waals surface area contributed by atoms with Gasteiger partial charge in [-0.15, -0.1) is 0 Å². The molecule has 0 unspecified atom stereocenters. The molecule has 1 heterocycles. The van der Waals surface area contributed by atoms with Gasteiger partial charge in [0.25, 0.3) is 6.43 Å². The Bertz CT molecular complexity index is 426. The van der Waals surface area contributed by atoms with Crippen molar-refractivity contribution in [3.63, 3.8) is 0 Å². The van der Waals surface area contributed by atoms with Crippen LogP contribution in [0.15, 0.2) is 6.07 Å². The summed E-state index contributed by atoms with van der Waals surface area (Å²) in [5.74, 6) is -1.86. The average molecular weight is 312 g/mol. The first-order chi connectivity index (χ1) is 7.99. The quantitative estimate of drug-likeness (QED) is 0.634. The van der Waals surface area contributed by atoms with E-state index in [1.54, 1.807) is 0 Å². The third-order valence-electron chi connectivity index (χ3n) is 2.02. The van der Waals surface area contributed by atoms with Crippen LogP contribution in [0.25, 0.3) is 0 Å². The Morgan fingerprint density at radius 1 is 1.59 bits per heavy atom. The molecule has 0 saturated heterocycles. The van der Waals surface area contributed by atoms with Gasteiger partial charge in [0.15, 0.2) is 5.82 Å². The van der Waals surface area contributed by atoms with Crippen LogP contribution in [0.2, 0.25) is 0 Å². The molecule has 0 fully saturated rings. The van der Waals surface area contributed by atoms with Gasteiger partial charge < -0.3 is 4.74 Å². The molecule has 0 aromatic carbocycles. The molecule has 0 aliphatic carbocycles. The number of pyridine rings is 1. The number of nitrogens with zero attached hydrogens (tertiary/aromatic N) is 1. The van der Waals surface area contributed by atoms with Crippen molar-refractivity contribution in [2.45, 2.75) is 18.2 Å². The monoisotopic (exact) mass is 311 g/mol. The molecular weight excluding hydrogens is 303 g/mol. The smallest absolute Gasteiger partial charge is 0.310 e. The van der Waals surface area contributed by atoms with Crippen LogP contribution in [0, 0.1) is 5.82 Å². The number of hydrogen-bond acceptors (Lipinski definition) is 3. The van der Waals surface area contributed by atoms with E-state index < -0.39 is 30.3 Å². The van der Waals surface area contributed by atoms with E-state index in [1.165, 1.54) is 6.07 Å². The number of rotatable bonds is 4. The fourth-order valence-electron chi connectivity index (χ4n) is 1.23. The number of alkyl halides is 3. The molecule has 0 amide bonds. The van der Waals surface area contributed by atoms with Crippen LogP contribution in [-0.2, 0) is 21.3 Å². The van der Waals surface area contributed by atoms with Crippen LogP contribution >= 0.6 is 15.9 Å². The number of aromatic nitrogens is 1. The molecule has 3 nitrogen and oxygen atoms in total. The highest BCUT2D eigenvalue weighted by molar-refractivity contribution is 9.08. The van der Waals surface area contributed by atoms with Crippen molar-refractivity contribution in [3.05, 3.63) is 28.8 Å². The number of carbonyl (C=O) groups is 1. The van der Waals surface area contributed by atoms with Gasteiger partial charge in [-0.3, -0.25) is 4.79 Å². The van der Waals surface area contributed by atoms with Gasteiger partial charge in [-0.1, -0.05) is 15.9 Å². The fraction of sp³-hybridized carbons (Fsp3) is 0.400. The van der Waals surface area contributed by atoms with Gasteiger partial charge in [0.05, 0.1) is 19.2 Å². The van der Waals surface area contributed by atoms with E-state index in [2.05, 4.69) is 25.7 Å². The maximum Gasteiger partial charge on any atom is 0.310 e. The number of hydrogen-bond donors (Lipinski definition) is 0. The van der Waals surface area contributed by atoms with Crippen molar-refractivity contribution in [3.8, 4) is 0 Å². The van der Waals surface area contributed by atoms with Gasteiger partial charge in [0.2, 0.25) is 0 Å². The van der Waals surface area contributed by atoms with Gasteiger partial charge >= 0.3 is 5.97 Å². The number of methoxy groups -OCH3 is 1. The summed E-state index contributed by atoms with van der Waals surface area (Å²) >= 11 is 3.04. The van der Waals surface area contributed by atoms with E-state index in [-0.39, 0.29) is 16.6 Å². The van der Waals surface area contributed by atoms with Crippen molar-refractivity contribution in [1.82, 2.24) is 4.98 Å². The van der Waals surface area contributed by atoms with Crippen LogP contribution in [0.5, 0.6) is 0 Å². The average Bonchev–Trinajstić information content (AvgIpc) is 2.31. The maximum absolute atomic E-state index is 13.6. The van der Waals surface area contributed by atoms with Gasteiger partial charge in [0, 0.05) is 10.9 Å². The first-order valence-corrected chi connectivity index (χ1v) is 5.70. The number of carbonyl (C=O) groups excluding carboxylic acids is 1. The van der Waals surface area contributed by atoms with E-state index in [0.717, 1.165) is 7.11 Å². The van der Waals surface area contributed by atoms with E-state index >= 15 is 0 Å². The second-order valence-corrected chi connectivity index (χ2v) is 3.72. The molecule has 7 heteroatoms. The largest absolute Gasteiger partial charge is 0.469 e. The van der Waals surface area contributed by atoms with Gasteiger partial charge in [-0.25, -0.2) is 18.2 Å². The molecule has 0 spiro atoms. The summed E-state index contributed by atoms with van der Waals surface area (Å²) in [6, 6.07) is 1.26. The van der Waals surface area contributed by atoms with Crippen molar-refractivity contribution in [2.24, 2.45) is 0 Å². The third-order valence-corrected chi connectivity index (χ3v) is 2.59. The van der Waals surface area contributed by atoms with Gasteiger partial charge in [0.1, 0.15) is 5.69 Å². The Labute approximate surface area is 104 Å². The molecule has 1 rings (SSSR count). The highest BCUT2D eigenvalue weighted by Crippen LogP contribution is 2.24. The molecule has 0 bridgehead atoms. The normalized spacial score (nSPS) is 10.7. The predicted molar refractivity (Wildman–Crippen MR) is 57.5 cm³/mol. The highest BCUT2D eigenvalue weighted by Gasteiger charge is 2.21. The minimum absolute atomic E-state index is 0.142. The second-order valence-electron chi connectivity index (χ2n) is 3.16. The van der Waals surface area contributed by atoms with Crippen molar-refractivity contribution in [2.75, 3.05) is 7.11 Å². The topological polar surface area (TPSA) is 39.2 Å². The number of ether oxygens (including phenoxy) is 1. The van der Waals surface area contributed by atoms with Gasteiger partial charge in [-0.05, 0) is 6.07 Å². The van der Waals surface area contributed by atoms with Crippen molar-refractivity contribution in [1.29, 1.82) is 0 Å². The summed E-state index contributed by atoms with van der Waals surface area (Å²) in [5.41, 5.74) is -0.849. The Kier molecular flexibility index (Phi) is 4.92. The molecule has 1 aromatic rings. The van der Waals surface area contributed by atoms with Crippen LogP contribution in [0.4, 0.5) is 13.2 Å². The Morgan fingerprint density at radius 3 is 2.71 bits per heavy atom. The second kappa shape index (κ2) is 6.00. The standard InChI is InChI=1S/C10H9BrF3NO2/c1-17-7(16)3-5-2-6(4-11)15-9(8(5)12)10(13)14/h2,10H,3-4H2,1H3. The molecule has 94 valence electrons. The van der Waals surface area contributed by atoms with Crippen molar-refractivity contribution >= 4 is 21.9 Å². The minimum atomic E-state index is -3.02. The third kappa shape index (κ3) is 3.42. The lowest BCUT2D eigenvalue weighted by Gasteiger charge is -2.08. The summed E-state index contributed by atoms with van der Waals surface area (Å²) in [4.78, 5) is 14.5. The van der Waals surface area contributed by atoms with Crippen molar-refractivity contribution < 1.29 is 22.7 Å². The summed E-state index contributed by atoms with van der Waals surface area (Å²) in [6.45, 7) is 0. The van der Waals surface area contributed by atoms with E-state index in [1.807, 2.05) is 0 Å². The zero-order chi connectivity index (χ0) is 13.0. The van der Waals surface area contributed by atoms with Crippen LogP contribution in [0.3, 0.4) is 0 Å². The SMILES string of the molecule is COC(=O)Cc1cc(CBr)nc(C(F)F)c1F. The Morgan fingerprint density at radius 2 is 2.24 bits per heavy atom. The highest BCUT2D eigenvalue weighted by atomic mass is 79.9. The molecule has 0 radical (unpaired) electrons. The zero-order valence-corrected chi connectivity index (χ0v) is 10.4. The molecular formula is C10H9BrF3NO2. The summed E-state index contributed by atoms with van der Waals surface area (Å²) in [7, 11) is 1.14. The molecule has 0 saturated carbocycles. The molecule has 0 aliphatic rings. The maximum atomic E-state index is 13.6. The van der Waals surface area contributed by atoms with E-state index in [0.29, 0.717) is 0 Å². The van der Waals surface area contributed by atoms with E-state index in [9.17, 15) is 18.0 Å². The Balaban J connectivity index is 3.19. The summed E-state index contributed by atoms with van der Waals surface area (Å²) in [5, 5.41) is 0.196. The Hall–Kier alpha value is -1.11. The first kappa shape index (κ1) is 14.0. The molecule has 0 aliphatic heterocycles. The van der Waals surface area contributed by atoms with Crippen LogP contribution < -0.4 is 0 Å². The molecule has 17 heavy (non-hydrogen) atoms. The first-order valence-electron chi connectivity index (χ1n) is 4.58. The minimum Gasteiger partial charge on any atom is -0.469 e. The summed E-state index contributed by atoms with van der Waals surface area (Å²) < 4.78 is 42.9. The lowest BCUT2D eigenvalue weighted by Crippen LogP contribution is -2.10. The predicted octanol–water partition coefficient (Wildman–Crippen LogP) is 2.77. The van der Waals surface area contributed by atoms with Gasteiger partial charge in [-0.2, -0.15) is 0 Å². The lowest BCUT2D eigenvalue weighted by atomic mass is 10.1. The van der Waals surface area contributed by atoms with E-state index in [4.69, 9.17) is 0 Å². The number of esters is 1. The molecule has 0 atom stereocenters. The molecule has 1 aromatic heterocycles. The number of halogens is 4. The molecule has 0 N–H and O–H groups in total. The zero-order valence-electron chi connectivity index (χ0n) is 8.84. The van der Waals surface area contributed by atoms with Crippen LogP contribution in [-0.4, -0.2) is 18.1 Å². The fourth-order valence-corrected chi connectivity index (χ4v) is 1.52. The summed E-state index contributed by atoms with van der Waals surface area (Å²) in [6.07, 6.45) is -3.42. The lowest BCUT2D eigenvalue weighted by molar-refractivity contribution is -0.139.